The fraction of sp³-hybridized carbons (Fsp3) is 0.556. The number of methoxy groups -OCH3 is 1. The second-order valence-electron chi connectivity index (χ2n) is 5.78. The van der Waals surface area contributed by atoms with Crippen molar-refractivity contribution in [1.29, 1.82) is 0 Å². The number of epoxide rings is 1. The molecule has 1 heterocycles. The van der Waals surface area contributed by atoms with Gasteiger partial charge in [-0.3, -0.25) is 0 Å². The second kappa shape index (κ2) is 8.30. The molecule has 1 aliphatic rings. The number of unbranched alkanes of at least 4 members (excludes halogenated alkanes) is 2. The van der Waals surface area contributed by atoms with Crippen molar-refractivity contribution >= 4 is 6.08 Å². The van der Waals surface area contributed by atoms with Gasteiger partial charge in [-0.05, 0) is 24.1 Å². The molecule has 1 N–H and O–H groups in total. The molecule has 1 aromatic carbocycles. The minimum absolute atomic E-state index is 0.0527. The predicted octanol–water partition coefficient (Wildman–Crippen LogP) is 3.95. The highest BCUT2D eigenvalue weighted by Gasteiger charge is 2.37. The van der Waals surface area contributed by atoms with Gasteiger partial charge in [-0.2, -0.15) is 0 Å². The van der Waals surface area contributed by atoms with Gasteiger partial charge in [0.05, 0.1) is 19.3 Å². The van der Waals surface area contributed by atoms with Crippen molar-refractivity contribution < 1.29 is 19.0 Å². The number of benzene rings is 1. The number of ether oxygens (including phenoxy) is 2. The van der Waals surface area contributed by atoms with Gasteiger partial charge in [0.2, 0.25) is 0 Å². The first-order chi connectivity index (χ1) is 10.6. The van der Waals surface area contributed by atoms with E-state index in [0.29, 0.717) is 6.42 Å². The third kappa shape index (κ3) is 5.11. The van der Waals surface area contributed by atoms with Crippen molar-refractivity contribution in [1.82, 2.24) is 0 Å². The van der Waals surface area contributed by atoms with E-state index in [-0.39, 0.29) is 29.9 Å². The quantitative estimate of drug-likeness (QED) is 0.555. The molecule has 0 radical (unpaired) electrons. The summed E-state index contributed by atoms with van der Waals surface area (Å²) in [6, 6.07) is 4.75. The van der Waals surface area contributed by atoms with E-state index in [1.807, 2.05) is 12.2 Å². The Bertz CT molecular complexity index is 501. The van der Waals surface area contributed by atoms with Crippen molar-refractivity contribution in [3.05, 3.63) is 35.7 Å². The zero-order chi connectivity index (χ0) is 15.9. The minimum Gasteiger partial charge on any atom is -0.494 e. The molecule has 4 heteroatoms. The Hall–Kier alpha value is -1.39. The van der Waals surface area contributed by atoms with Crippen molar-refractivity contribution in [2.75, 3.05) is 7.11 Å². The lowest BCUT2D eigenvalue weighted by atomic mass is 10.0. The van der Waals surface area contributed by atoms with E-state index in [1.165, 1.54) is 19.6 Å². The number of hydrogen-bond donors (Lipinski definition) is 1. The van der Waals surface area contributed by atoms with Gasteiger partial charge < -0.3 is 14.6 Å². The van der Waals surface area contributed by atoms with Gasteiger partial charge in [0.15, 0.2) is 11.6 Å². The third-order valence-corrected chi connectivity index (χ3v) is 3.92. The molecule has 0 saturated carbocycles. The molecule has 1 aromatic rings. The lowest BCUT2D eigenvalue weighted by Gasteiger charge is -2.07. The van der Waals surface area contributed by atoms with Gasteiger partial charge in [-0.15, -0.1) is 0 Å². The molecule has 1 saturated heterocycles. The third-order valence-electron chi connectivity index (χ3n) is 3.92. The lowest BCUT2D eigenvalue weighted by molar-refractivity contribution is 0.139. The van der Waals surface area contributed by atoms with Crippen molar-refractivity contribution in [3.63, 3.8) is 0 Å². The minimum atomic E-state index is -0.365. The number of halogens is 1. The maximum atomic E-state index is 13.3. The van der Waals surface area contributed by atoms with Crippen LogP contribution >= 0.6 is 0 Å². The van der Waals surface area contributed by atoms with E-state index in [1.54, 1.807) is 12.1 Å². The van der Waals surface area contributed by atoms with Crippen LogP contribution in [0.1, 0.15) is 44.6 Å². The second-order valence-corrected chi connectivity index (χ2v) is 5.78. The standard InChI is InChI=1S/C18H25FO3/c1-3-4-5-6-14(20)12-18-16(22-18)10-8-13-7-9-15(19)17(11-13)21-2/h7-11,14,16,18,20H,3-6,12H2,1-2H3/b10-8+. The van der Waals surface area contributed by atoms with Crippen LogP contribution in [0.4, 0.5) is 4.39 Å². The lowest BCUT2D eigenvalue weighted by Crippen LogP contribution is -2.10. The van der Waals surface area contributed by atoms with Crippen LogP contribution in [0.5, 0.6) is 5.75 Å². The van der Waals surface area contributed by atoms with Crippen molar-refractivity contribution in [3.8, 4) is 5.75 Å². The zero-order valence-corrected chi connectivity index (χ0v) is 13.3. The fourth-order valence-electron chi connectivity index (χ4n) is 2.52. The zero-order valence-electron chi connectivity index (χ0n) is 13.3. The summed E-state index contributed by atoms with van der Waals surface area (Å²) in [4.78, 5) is 0. The van der Waals surface area contributed by atoms with Crippen LogP contribution in [0.25, 0.3) is 6.08 Å². The van der Waals surface area contributed by atoms with Crippen molar-refractivity contribution in [2.24, 2.45) is 0 Å². The summed E-state index contributed by atoms with van der Waals surface area (Å²) in [6.07, 6.45) is 8.67. The summed E-state index contributed by atoms with van der Waals surface area (Å²) in [6.45, 7) is 2.15. The van der Waals surface area contributed by atoms with E-state index in [0.717, 1.165) is 24.8 Å². The number of aliphatic hydroxyl groups is 1. The Labute approximate surface area is 131 Å². The first-order valence-corrected chi connectivity index (χ1v) is 7.99. The van der Waals surface area contributed by atoms with E-state index in [2.05, 4.69) is 6.92 Å². The molecule has 3 unspecified atom stereocenters. The SMILES string of the molecule is CCCCCC(O)CC1OC1/C=C/c1ccc(F)c(OC)c1. The van der Waals surface area contributed by atoms with Crippen LogP contribution < -0.4 is 4.74 Å². The molecule has 0 spiro atoms. The van der Waals surface area contributed by atoms with Crippen LogP contribution in [0, 0.1) is 5.82 Å². The van der Waals surface area contributed by atoms with Crippen molar-refractivity contribution in [2.45, 2.75) is 57.3 Å². The summed E-state index contributed by atoms with van der Waals surface area (Å²) in [7, 11) is 1.45. The van der Waals surface area contributed by atoms with Crippen LogP contribution in [-0.2, 0) is 4.74 Å². The van der Waals surface area contributed by atoms with Crippen LogP contribution in [0.3, 0.4) is 0 Å². The normalized spacial score (nSPS) is 22.0. The molecular formula is C18H25FO3. The maximum absolute atomic E-state index is 13.3. The highest BCUT2D eigenvalue weighted by Crippen LogP contribution is 2.30. The molecule has 2 rings (SSSR count). The van der Waals surface area contributed by atoms with Gasteiger partial charge in [0, 0.05) is 6.42 Å². The Morgan fingerprint density at radius 1 is 1.41 bits per heavy atom. The summed E-state index contributed by atoms with van der Waals surface area (Å²) in [5.41, 5.74) is 0.871. The molecule has 0 amide bonds. The van der Waals surface area contributed by atoms with E-state index in [9.17, 15) is 9.50 Å². The molecule has 0 aromatic heterocycles. The topological polar surface area (TPSA) is 42.0 Å². The summed E-state index contributed by atoms with van der Waals surface area (Å²) in [5, 5.41) is 9.93. The molecule has 22 heavy (non-hydrogen) atoms. The molecule has 0 aliphatic carbocycles. The maximum Gasteiger partial charge on any atom is 0.165 e. The van der Waals surface area contributed by atoms with E-state index < -0.39 is 0 Å². The first-order valence-electron chi connectivity index (χ1n) is 7.99. The molecule has 0 bridgehead atoms. The highest BCUT2D eigenvalue weighted by molar-refractivity contribution is 5.53. The predicted molar refractivity (Wildman–Crippen MR) is 85.4 cm³/mol. The number of rotatable bonds is 9. The monoisotopic (exact) mass is 308 g/mol. The number of hydrogen-bond acceptors (Lipinski definition) is 3. The molecule has 3 nitrogen and oxygen atoms in total. The van der Waals surface area contributed by atoms with Gasteiger partial charge in [-0.25, -0.2) is 4.39 Å². The fourth-order valence-corrected chi connectivity index (χ4v) is 2.52. The molecule has 3 atom stereocenters. The van der Waals surface area contributed by atoms with E-state index in [4.69, 9.17) is 9.47 Å². The van der Waals surface area contributed by atoms with Gasteiger partial charge in [0.25, 0.3) is 0 Å². The largest absolute Gasteiger partial charge is 0.494 e. The summed E-state index contributed by atoms with van der Waals surface area (Å²) in [5.74, 6) is -0.128. The smallest absolute Gasteiger partial charge is 0.165 e. The van der Waals surface area contributed by atoms with Gasteiger partial charge in [0.1, 0.15) is 6.10 Å². The first kappa shape index (κ1) is 17.0. The molecule has 1 fully saturated rings. The van der Waals surface area contributed by atoms with Crippen LogP contribution in [0.2, 0.25) is 0 Å². The Balaban J connectivity index is 1.76. The molecule has 1 aliphatic heterocycles. The van der Waals surface area contributed by atoms with E-state index >= 15 is 0 Å². The molecular weight excluding hydrogens is 283 g/mol. The Morgan fingerprint density at radius 3 is 2.95 bits per heavy atom. The molecule has 122 valence electrons. The number of aliphatic hydroxyl groups excluding tert-OH is 1. The van der Waals surface area contributed by atoms with Crippen LogP contribution in [0.15, 0.2) is 24.3 Å². The summed E-state index contributed by atoms with van der Waals surface area (Å²) >= 11 is 0. The Kier molecular flexibility index (Phi) is 6.40. The Morgan fingerprint density at radius 2 is 2.23 bits per heavy atom. The van der Waals surface area contributed by atoms with Gasteiger partial charge >= 0.3 is 0 Å². The highest BCUT2D eigenvalue weighted by atomic mass is 19.1. The van der Waals surface area contributed by atoms with Gasteiger partial charge in [-0.1, -0.05) is 44.4 Å². The average Bonchev–Trinajstić information content (AvgIpc) is 3.24. The summed E-state index contributed by atoms with van der Waals surface area (Å²) < 4.78 is 23.8. The average molecular weight is 308 g/mol. The van der Waals surface area contributed by atoms with Crippen LogP contribution in [-0.4, -0.2) is 30.5 Å².